The molecule has 0 fully saturated rings. The highest BCUT2D eigenvalue weighted by Crippen LogP contribution is 2.28. The predicted octanol–water partition coefficient (Wildman–Crippen LogP) is 3.55. The molecule has 0 aliphatic heterocycles. The van der Waals surface area contributed by atoms with Crippen LogP contribution in [0.15, 0.2) is 42.5 Å². The number of hydrogen-bond donors (Lipinski definition) is 2. The Hall–Kier alpha value is -2.86. The zero-order chi connectivity index (χ0) is 20.4. The molecule has 2 rings (SSSR count). The number of esters is 1. The molecule has 6 heteroatoms. The second kappa shape index (κ2) is 7.40. The first-order valence-electron chi connectivity index (χ1n) is 8.56. The van der Waals surface area contributed by atoms with Gasteiger partial charge in [0, 0.05) is 24.0 Å². The molecule has 0 atom stereocenters. The molecule has 0 unspecified atom stereocenters. The molecule has 0 aromatic heterocycles. The van der Waals surface area contributed by atoms with Crippen molar-refractivity contribution in [1.29, 1.82) is 0 Å². The molecular formula is C21H26N2O4. The number of hydrogen-bond acceptors (Lipinski definition) is 6. The number of Topliss-reactive ketones (excluding diaryl/α,β-unsaturated/α-hetero) is 1. The lowest BCUT2D eigenvalue weighted by molar-refractivity contribution is -0.00315. The van der Waals surface area contributed by atoms with Crippen molar-refractivity contribution in [3.8, 4) is 0 Å². The van der Waals surface area contributed by atoms with E-state index in [-0.39, 0.29) is 11.3 Å². The van der Waals surface area contributed by atoms with Gasteiger partial charge in [-0.15, -0.1) is 0 Å². The number of nitrogen functional groups attached to an aromatic ring is 2. The highest BCUT2D eigenvalue weighted by atomic mass is 16.6. The quantitative estimate of drug-likeness (QED) is 0.458. The van der Waals surface area contributed by atoms with E-state index in [1.165, 1.54) is 19.2 Å². The normalized spacial score (nSPS) is 11.9. The topological polar surface area (TPSA) is 105 Å². The van der Waals surface area contributed by atoms with Crippen molar-refractivity contribution in [1.82, 2.24) is 0 Å². The van der Waals surface area contributed by atoms with E-state index in [9.17, 15) is 9.59 Å². The van der Waals surface area contributed by atoms with Crippen LogP contribution in [0.25, 0.3) is 0 Å². The average Bonchev–Trinajstić information content (AvgIpc) is 2.60. The summed E-state index contributed by atoms with van der Waals surface area (Å²) in [5, 5.41) is 0. The third kappa shape index (κ3) is 4.65. The maximum atomic E-state index is 12.5. The first kappa shape index (κ1) is 20.5. The van der Waals surface area contributed by atoms with Gasteiger partial charge in [0.2, 0.25) is 0 Å². The van der Waals surface area contributed by atoms with Crippen LogP contribution in [0.1, 0.15) is 54.0 Å². The Kier molecular flexibility index (Phi) is 5.61. The highest BCUT2D eigenvalue weighted by Gasteiger charge is 2.30. The molecule has 0 saturated carbocycles. The number of ketones is 1. The SMILES string of the molecule is COC(C)(C)C(=O)c1ccc(C(C)(C)OC(=O)c2cc(N)cc(N)c2)cc1. The number of rotatable bonds is 6. The smallest absolute Gasteiger partial charge is 0.339 e. The molecule has 0 aliphatic rings. The summed E-state index contributed by atoms with van der Waals surface area (Å²) in [6, 6.07) is 11.5. The molecule has 2 aromatic rings. The number of nitrogens with two attached hydrogens (primary N) is 2. The summed E-state index contributed by atoms with van der Waals surface area (Å²) in [5.74, 6) is -0.652. The molecule has 0 saturated heterocycles. The molecule has 0 spiro atoms. The third-order valence-corrected chi connectivity index (χ3v) is 4.46. The van der Waals surface area contributed by atoms with E-state index in [1.807, 2.05) is 0 Å². The first-order valence-corrected chi connectivity index (χ1v) is 8.56. The molecule has 0 aliphatic carbocycles. The lowest BCUT2D eigenvalue weighted by Gasteiger charge is -2.26. The van der Waals surface area contributed by atoms with E-state index in [4.69, 9.17) is 20.9 Å². The summed E-state index contributed by atoms with van der Waals surface area (Å²) in [6.45, 7) is 6.98. The van der Waals surface area contributed by atoms with Gasteiger partial charge >= 0.3 is 5.97 Å². The number of carbonyl (C=O) groups excluding carboxylic acids is 2. The second-order valence-electron chi connectivity index (χ2n) is 7.41. The van der Waals surface area contributed by atoms with Gasteiger partial charge in [-0.25, -0.2) is 4.79 Å². The highest BCUT2D eigenvalue weighted by molar-refractivity contribution is 6.02. The molecular weight excluding hydrogens is 344 g/mol. The Balaban J connectivity index is 2.21. The largest absolute Gasteiger partial charge is 0.451 e. The molecule has 4 N–H and O–H groups in total. The third-order valence-electron chi connectivity index (χ3n) is 4.46. The minimum absolute atomic E-state index is 0.124. The number of benzene rings is 2. The average molecular weight is 370 g/mol. The van der Waals surface area contributed by atoms with E-state index in [0.717, 1.165) is 5.56 Å². The van der Waals surface area contributed by atoms with Crippen LogP contribution in [-0.2, 0) is 15.1 Å². The van der Waals surface area contributed by atoms with Crippen molar-refractivity contribution in [2.75, 3.05) is 18.6 Å². The Labute approximate surface area is 159 Å². The summed E-state index contributed by atoms with van der Waals surface area (Å²) in [4.78, 5) is 24.9. The maximum Gasteiger partial charge on any atom is 0.339 e. The summed E-state index contributed by atoms with van der Waals surface area (Å²) in [6.07, 6.45) is 0. The lowest BCUT2D eigenvalue weighted by atomic mass is 9.92. The molecule has 27 heavy (non-hydrogen) atoms. The fourth-order valence-corrected chi connectivity index (χ4v) is 2.61. The van der Waals surface area contributed by atoms with Crippen molar-refractivity contribution in [3.05, 3.63) is 59.2 Å². The lowest BCUT2D eigenvalue weighted by Crippen LogP contribution is -2.33. The van der Waals surface area contributed by atoms with E-state index in [0.29, 0.717) is 16.9 Å². The van der Waals surface area contributed by atoms with Crippen molar-refractivity contribution in [2.24, 2.45) is 0 Å². The zero-order valence-electron chi connectivity index (χ0n) is 16.3. The molecule has 0 bridgehead atoms. The second-order valence-corrected chi connectivity index (χ2v) is 7.41. The summed E-state index contributed by atoms with van der Waals surface area (Å²) in [7, 11) is 1.50. The standard InChI is InChI=1S/C21H26N2O4/c1-20(2,27-19(25)14-10-16(22)12-17(23)11-14)15-8-6-13(7-9-15)18(24)21(3,4)26-5/h6-12H,22-23H2,1-5H3. The summed E-state index contributed by atoms with van der Waals surface area (Å²) < 4.78 is 10.9. The number of carbonyl (C=O) groups is 2. The summed E-state index contributed by atoms with van der Waals surface area (Å²) in [5.41, 5.74) is 12.0. The molecule has 0 heterocycles. The van der Waals surface area contributed by atoms with Crippen LogP contribution in [0.3, 0.4) is 0 Å². The monoisotopic (exact) mass is 370 g/mol. The van der Waals surface area contributed by atoms with E-state index >= 15 is 0 Å². The van der Waals surface area contributed by atoms with E-state index < -0.39 is 17.2 Å². The number of anilines is 2. The van der Waals surface area contributed by atoms with Gasteiger partial charge < -0.3 is 20.9 Å². The van der Waals surface area contributed by atoms with Gasteiger partial charge in [-0.3, -0.25) is 4.79 Å². The zero-order valence-corrected chi connectivity index (χ0v) is 16.3. The minimum Gasteiger partial charge on any atom is -0.451 e. The predicted molar refractivity (Wildman–Crippen MR) is 106 cm³/mol. The number of ether oxygens (including phenoxy) is 2. The molecule has 144 valence electrons. The van der Waals surface area contributed by atoms with Crippen LogP contribution < -0.4 is 11.5 Å². The van der Waals surface area contributed by atoms with Crippen molar-refractivity contribution < 1.29 is 19.1 Å². The van der Waals surface area contributed by atoms with Crippen molar-refractivity contribution in [3.63, 3.8) is 0 Å². The van der Waals surface area contributed by atoms with Crippen LogP contribution in [0.2, 0.25) is 0 Å². The Bertz CT molecular complexity index is 835. The minimum atomic E-state index is -0.908. The first-order chi connectivity index (χ1) is 12.5. The fraction of sp³-hybridized carbons (Fsp3) is 0.333. The molecule has 2 aromatic carbocycles. The number of methoxy groups -OCH3 is 1. The van der Waals surface area contributed by atoms with Gasteiger partial charge in [0.1, 0.15) is 11.2 Å². The van der Waals surface area contributed by atoms with E-state index in [2.05, 4.69) is 0 Å². The van der Waals surface area contributed by atoms with E-state index in [1.54, 1.807) is 58.0 Å². The van der Waals surface area contributed by atoms with Crippen LogP contribution in [-0.4, -0.2) is 24.5 Å². The van der Waals surface area contributed by atoms with Gasteiger partial charge in [0.25, 0.3) is 0 Å². The molecule has 0 radical (unpaired) electrons. The van der Waals surface area contributed by atoms with Crippen LogP contribution in [0.4, 0.5) is 11.4 Å². The Morgan fingerprint density at radius 1 is 0.852 bits per heavy atom. The van der Waals surface area contributed by atoms with Gasteiger partial charge in [-0.1, -0.05) is 24.3 Å². The maximum absolute atomic E-state index is 12.5. The Morgan fingerprint density at radius 3 is 1.85 bits per heavy atom. The molecule has 0 amide bonds. The van der Waals surface area contributed by atoms with Crippen molar-refractivity contribution >= 4 is 23.1 Å². The fourth-order valence-electron chi connectivity index (χ4n) is 2.61. The van der Waals surface area contributed by atoms with Crippen LogP contribution in [0.5, 0.6) is 0 Å². The van der Waals surface area contributed by atoms with Gasteiger partial charge in [-0.05, 0) is 51.5 Å². The summed E-state index contributed by atoms with van der Waals surface area (Å²) >= 11 is 0. The van der Waals surface area contributed by atoms with Gasteiger partial charge in [0.15, 0.2) is 5.78 Å². The van der Waals surface area contributed by atoms with Crippen molar-refractivity contribution in [2.45, 2.75) is 38.9 Å². The van der Waals surface area contributed by atoms with Crippen LogP contribution in [0, 0.1) is 0 Å². The molecule has 6 nitrogen and oxygen atoms in total. The van der Waals surface area contributed by atoms with Gasteiger partial charge in [-0.2, -0.15) is 0 Å². The van der Waals surface area contributed by atoms with Crippen LogP contribution >= 0.6 is 0 Å². The van der Waals surface area contributed by atoms with Gasteiger partial charge in [0.05, 0.1) is 5.56 Å². The Morgan fingerprint density at radius 2 is 1.37 bits per heavy atom.